The molecule has 0 spiro atoms. The Balaban J connectivity index is 0.00000180. The van der Waals surface area contributed by atoms with Crippen LogP contribution in [0, 0.1) is 0 Å². The summed E-state index contributed by atoms with van der Waals surface area (Å²) in [5, 5.41) is 3.03. The predicted molar refractivity (Wildman–Crippen MR) is 154 cm³/mol. The SMILES string of the molecule is CN1CCN(c2ccc(C(=O)Nc3ccc([C@@H]4C[C@@]4(N)CCc4ccccc4)cc3)cc2)CC1.Cl.Cl. The van der Waals surface area contributed by atoms with Crippen LogP contribution in [0.4, 0.5) is 11.4 Å². The summed E-state index contributed by atoms with van der Waals surface area (Å²) in [6, 6.07) is 26.6. The number of hydrogen-bond acceptors (Lipinski definition) is 4. The van der Waals surface area contributed by atoms with Crippen LogP contribution in [0.2, 0.25) is 0 Å². The third-order valence-corrected chi connectivity index (χ3v) is 7.41. The highest BCUT2D eigenvalue weighted by Gasteiger charge is 2.50. The van der Waals surface area contributed by atoms with Gasteiger partial charge in [0.25, 0.3) is 5.91 Å². The van der Waals surface area contributed by atoms with E-state index in [9.17, 15) is 4.79 Å². The molecule has 0 radical (unpaired) electrons. The van der Waals surface area contributed by atoms with Crippen molar-refractivity contribution in [2.24, 2.45) is 5.73 Å². The van der Waals surface area contributed by atoms with Gasteiger partial charge in [-0.1, -0.05) is 42.5 Å². The molecule has 3 aromatic carbocycles. The Bertz CT molecular complexity index is 1120. The van der Waals surface area contributed by atoms with Gasteiger partial charge in [-0.05, 0) is 73.8 Å². The van der Waals surface area contributed by atoms with E-state index < -0.39 is 0 Å². The maximum absolute atomic E-state index is 12.7. The molecular weight excluding hydrogens is 491 g/mol. The van der Waals surface area contributed by atoms with Gasteiger partial charge in [-0.15, -0.1) is 24.8 Å². The van der Waals surface area contributed by atoms with Crippen molar-refractivity contribution in [1.29, 1.82) is 0 Å². The van der Waals surface area contributed by atoms with Crippen LogP contribution in [0.25, 0.3) is 0 Å². The Hall–Kier alpha value is -2.57. The summed E-state index contributed by atoms with van der Waals surface area (Å²) in [7, 11) is 2.15. The lowest BCUT2D eigenvalue weighted by atomic mass is 9.99. The van der Waals surface area contributed by atoms with Gasteiger partial charge in [-0.2, -0.15) is 0 Å². The zero-order valence-electron chi connectivity index (χ0n) is 20.7. The maximum atomic E-state index is 12.7. The molecule has 3 aromatic rings. The van der Waals surface area contributed by atoms with E-state index in [0.717, 1.165) is 51.1 Å². The van der Waals surface area contributed by atoms with E-state index in [2.05, 4.69) is 58.6 Å². The van der Waals surface area contributed by atoms with E-state index in [1.54, 1.807) is 0 Å². The van der Waals surface area contributed by atoms with Crippen LogP contribution in [-0.2, 0) is 6.42 Å². The number of nitrogens with two attached hydrogens (primary N) is 1. The van der Waals surface area contributed by atoms with Gasteiger partial charge in [0.2, 0.25) is 0 Å². The third kappa shape index (κ3) is 6.60. The van der Waals surface area contributed by atoms with Crippen LogP contribution in [0.1, 0.15) is 40.2 Å². The number of amides is 1. The number of carbonyl (C=O) groups excluding carboxylic acids is 1. The van der Waals surface area contributed by atoms with Crippen molar-refractivity contribution in [2.45, 2.75) is 30.7 Å². The number of carbonyl (C=O) groups is 1. The van der Waals surface area contributed by atoms with Gasteiger partial charge < -0.3 is 20.9 Å². The fraction of sp³-hybridized carbons (Fsp3) is 0.345. The van der Waals surface area contributed by atoms with Gasteiger partial charge in [-0.3, -0.25) is 4.79 Å². The van der Waals surface area contributed by atoms with Crippen LogP contribution < -0.4 is 16.0 Å². The quantitative estimate of drug-likeness (QED) is 0.435. The molecular formula is C29H36Cl2N4O. The standard InChI is InChI=1S/C29H34N4O.2ClH/c1-32-17-19-33(20-18-32)26-13-9-24(10-14-26)28(34)31-25-11-7-23(8-12-25)27-21-29(27,30)16-15-22-5-3-2-4-6-22;;/h2-14,27H,15-21,30H2,1H3,(H,31,34);2*1H/t27-,29-;;/m0../s1. The van der Waals surface area contributed by atoms with Crippen molar-refractivity contribution in [3.05, 3.63) is 95.6 Å². The van der Waals surface area contributed by atoms with E-state index >= 15 is 0 Å². The number of rotatable bonds is 7. The Morgan fingerprint density at radius 2 is 1.56 bits per heavy atom. The zero-order valence-corrected chi connectivity index (χ0v) is 22.4. The molecule has 1 amide bonds. The fourth-order valence-corrected chi connectivity index (χ4v) is 4.96. The highest BCUT2D eigenvalue weighted by atomic mass is 35.5. The molecule has 1 heterocycles. The minimum atomic E-state index is -0.119. The van der Waals surface area contributed by atoms with Crippen molar-refractivity contribution < 1.29 is 4.79 Å². The van der Waals surface area contributed by atoms with Crippen LogP contribution in [0.5, 0.6) is 0 Å². The molecule has 7 heteroatoms. The summed E-state index contributed by atoms with van der Waals surface area (Å²) >= 11 is 0. The first-order valence-corrected chi connectivity index (χ1v) is 12.3. The van der Waals surface area contributed by atoms with Crippen LogP contribution >= 0.6 is 24.8 Å². The van der Waals surface area contributed by atoms with E-state index in [1.807, 2.05) is 42.5 Å². The molecule has 1 saturated carbocycles. The first kappa shape index (κ1) is 28.0. The molecule has 3 N–H and O–H groups in total. The van der Waals surface area contributed by atoms with Gasteiger partial charge in [0.05, 0.1) is 0 Å². The summed E-state index contributed by atoms with van der Waals surface area (Å²) in [4.78, 5) is 17.5. The molecule has 2 aliphatic rings. The summed E-state index contributed by atoms with van der Waals surface area (Å²) in [6.45, 7) is 4.17. The topological polar surface area (TPSA) is 61.6 Å². The molecule has 0 bridgehead atoms. The lowest BCUT2D eigenvalue weighted by Gasteiger charge is -2.34. The molecule has 5 rings (SSSR count). The fourth-order valence-electron chi connectivity index (χ4n) is 4.96. The average Bonchev–Trinajstić information content (AvgIpc) is 3.56. The first-order chi connectivity index (χ1) is 16.5. The lowest BCUT2D eigenvalue weighted by molar-refractivity contribution is 0.102. The number of hydrogen-bond donors (Lipinski definition) is 2. The van der Waals surface area contributed by atoms with Crippen LogP contribution in [0.3, 0.4) is 0 Å². The Kier molecular flexibility index (Phi) is 9.42. The van der Waals surface area contributed by atoms with Crippen molar-refractivity contribution in [2.75, 3.05) is 43.4 Å². The molecule has 2 atom stereocenters. The van der Waals surface area contributed by atoms with Gasteiger partial charge in [0, 0.05) is 54.6 Å². The number of aryl methyl sites for hydroxylation is 1. The largest absolute Gasteiger partial charge is 0.369 e. The second-order valence-corrected chi connectivity index (χ2v) is 9.89. The summed E-state index contributed by atoms with van der Waals surface area (Å²) in [5.74, 6) is 0.309. The van der Waals surface area contributed by atoms with Crippen LogP contribution in [-0.4, -0.2) is 49.6 Å². The van der Waals surface area contributed by atoms with Gasteiger partial charge in [0.1, 0.15) is 0 Å². The summed E-state index contributed by atoms with van der Waals surface area (Å²) in [6.07, 6.45) is 3.02. The number of nitrogens with one attached hydrogen (secondary N) is 1. The molecule has 0 aromatic heterocycles. The van der Waals surface area contributed by atoms with Gasteiger partial charge >= 0.3 is 0 Å². The van der Waals surface area contributed by atoms with E-state index in [1.165, 1.54) is 16.8 Å². The molecule has 0 unspecified atom stereocenters. The average molecular weight is 528 g/mol. The molecule has 2 fully saturated rings. The lowest BCUT2D eigenvalue weighted by Crippen LogP contribution is -2.44. The van der Waals surface area contributed by atoms with Gasteiger partial charge in [0.15, 0.2) is 0 Å². The monoisotopic (exact) mass is 526 g/mol. The van der Waals surface area contributed by atoms with Crippen molar-refractivity contribution in [3.63, 3.8) is 0 Å². The summed E-state index contributed by atoms with van der Waals surface area (Å²) in [5.41, 5.74) is 11.8. The van der Waals surface area contributed by atoms with Crippen molar-refractivity contribution in [1.82, 2.24) is 4.90 Å². The Morgan fingerprint density at radius 1 is 0.917 bits per heavy atom. The maximum Gasteiger partial charge on any atom is 0.255 e. The molecule has 36 heavy (non-hydrogen) atoms. The molecule has 1 aliphatic heterocycles. The smallest absolute Gasteiger partial charge is 0.255 e. The number of benzene rings is 3. The Morgan fingerprint density at radius 3 is 2.19 bits per heavy atom. The number of piperazine rings is 1. The number of likely N-dealkylation sites (N-methyl/N-ethyl adjacent to an activating group) is 1. The zero-order chi connectivity index (χ0) is 23.5. The number of nitrogens with zero attached hydrogens (tertiary/aromatic N) is 2. The minimum Gasteiger partial charge on any atom is -0.369 e. The highest BCUT2D eigenvalue weighted by Crippen LogP contribution is 2.52. The number of anilines is 2. The highest BCUT2D eigenvalue weighted by molar-refractivity contribution is 6.04. The second kappa shape index (κ2) is 12.1. The first-order valence-electron chi connectivity index (χ1n) is 12.3. The Labute approximate surface area is 226 Å². The molecule has 192 valence electrons. The summed E-state index contributed by atoms with van der Waals surface area (Å²) < 4.78 is 0. The van der Waals surface area contributed by atoms with E-state index in [4.69, 9.17) is 5.73 Å². The van der Waals surface area contributed by atoms with Crippen molar-refractivity contribution >= 4 is 42.1 Å². The van der Waals surface area contributed by atoms with E-state index in [-0.39, 0.29) is 36.3 Å². The molecule has 5 nitrogen and oxygen atoms in total. The molecule has 1 aliphatic carbocycles. The van der Waals surface area contributed by atoms with Gasteiger partial charge in [-0.25, -0.2) is 0 Å². The molecule has 1 saturated heterocycles. The van der Waals surface area contributed by atoms with Crippen molar-refractivity contribution in [3.8, 4) is 0 Å². The minimum absolute atomic E-state index is 0. The number of halogens is 2. The third-order valence-electron chi connectivity index (χ3n) is 7.41. The second-order valence-electron chi connectivity index (χ2n) is 9.89. The normalized spacial score (nSPS) is 21.2. The predicted octanol–water partition coefficient (Wildman–Crippen LogP) is 5.35. The van der Waals surface area contributed by atoms with E-state index in [0.29, 0.717) is 11.5 Å². The van der Waals surface area contributed by atoms with Crippen LogP contribution in [0.15, 0.2) is 78.9 Å².